The number of piperidine rings is 1. The van der Waals surface area contributed by atoms with Gasteiger partial charge < -0.3 is 10.4 Å². The standard InChI is InChI=1S/C15H21FN2O/c16-12-4-5-15(19)11(9-12)10-17-13-6-8-18-7-2-1-3-14(13)18/h4-5,9,13-14,17,19H,1-3,6-8,10H2. The summed E-state index contributed by atoms with van der Waals surface area (Å²) in [5, 5.41) is 13.2. The van der Waals surface area contributed by atoms with Crippen LogP contribution in [0.4, 0.5) is 4.39 Å². The van der Waals surface area contributed by atoms with Crippen LogP contribution in [0.1, 0.15) is 31.2 Å². The van der Waals surface area contributed by atoms with E-state index in [2.05, 4.69) is 10.2 Å². The van der Waals surface area contributed by atoms with Crippen molar-refractivity contribution in [2.45, 2.75) is 44.3 Å². The number of fused-ring (bicyclic) bond motifs is 1. The second-order valence-electron chi connectivity index (χ2n) is 5.65. The van der Waals surface area contributed by atoms with Crippen molar-refractivity contribution in [3.05, 3.63) is 29.6 Å². The third-order valence-electron chi connectivity index (χ3n) is 4.45. The first-order valence-electron chi connectivity index (χ1n) is 7.19. The van der Waals surface area contributed by atoms with Gasteiger partial charge >= 0.3 is 0 Å². The van der Waals surface area contributed by atoms with Gasteiger partial charge in [-0.05, 0) is 44.0 Å². The Kier molecular flexibility index (Phi) is 3.71. The molecule has 104 valence electrons. The summed E-state index contributed by atoms with van der Waals surface area (Å²) >= 11 is 0. The molecule has 2 fully saturated rings. The maximum absolute atomic E-state index is 13.2. The first-order valence-corrected chi connectivity index (χ1v) is 7.19. The second kappa shape index (κ2) is 5.47. The second-order valence-corrected chi connectivity index (χ2v) is 5.65. The summed E-state index contributed by atoms with van der Waals surface area (Å²) in [7, 11) is 0. The zero-order chi connectivity index (χ0) is 13.2. The van der Waals surface area contributed by atoms with Crippen molar-refractivity contribution in [3.63, 3.8) is 0 Å². The molecule has 2 N–H and O–H groups in total. The zero-order valence-corrected chi connectivity index (χ0v) is 11.1. The van der Waals surface area contributed by atoms with E-state index >= 15 is 0 Å². The molecule has 2 saturated heterocycles. The topological polar surface area (TPSA) is 35.5 Å². The molecule has 4 heteroatoms. The molecule has 1 aromatic rings. The Morgan fingerprint density at radius 1 is 1.26 bits per heavy atom. The van der Waals surface area contributed by atoms with Crippen LogP contribution in [0.15, 0.2) is 18.2 Å². The van der Waals surface area contributed by atoms with E-state index < -0.39 is 0 Å². The van der Waals surface area contributed by atoms with Crippen molar-refractivity contribution in [2.24, 2.45) is 0 Å². The van der Waals surface area contributed by atoms with E-state index in [4.69, 9.17) is 0 Å². The lowest BCUT2D eigenvalue weighted by Gasteiger charge is -2.32. The molecule has 0 bridgehead atoms. The number of aromatic hydroxyl groups is 1. The summed E-state index contributed by atoms with van der Waals surface area (Å²) in [6.45, 7) is 2.92. The summed E-state index contributed by atoms with van der Waals surface area (Å²) < 4.78 is 13.2. The van der Waals surface area contributed by atoms with Crippen molar-refractivity contribution in [3.8, 4) is 5.75 Å². The van der Waals surface area contributed by atoms with Crippen LogP contribution in [0, 0.1) is 5.82 Å². The molecule has 0 aromatic heterocycles. The van der Waals surface area contributed by atoms with Crippen LogP contribution in [0.5, 0.6) is 5.75 Å². The van der Waals surface area contributed by atoms with E-state index in [0.717, 1.165) is 13.0 Å². The van der Waals surface area contributed by atoms with Gasteiger partial charge in [-0.2, -0.15) is 0 Å². The highest BCUT2D eigenvalue weighted by Gasteiger charge is 2.34. The number of hydrogen-bond acceptors (Lipinski definition) is 3. The van der Waals surface area contributed by atoms with Gasteiger partial charge in [0, 0.05) is 30.7 Å². The number of phenols is 1. The largest absolute Gasteiger partial charge is 0.508 e. The molecule has 2 heterocycles. The molecular weight excluding hydrogens is 243 g/mol. The van der Waals surface area contributed by atoms with Crippen molar-refractivity contribution in [2.75, 3.05) is 13.1 Å². The van der Waals surface area contributed by atoms with Crippen LogP contribution in [-0.4, -0.2) is 35.2 Å². The molecule has 3 nitrogen and oxygen atoms in total. The van der Waals surface area contributed by atoms with E-state index in [1.54, 1.807) is 0 Å². The highest BCUT2D eigenvalue weighted by Crippen LogP contribution is 2.27. The van der Waals surface area contributed by atoms with Crippen LogP contribution in [0.3, 0.4) is 0 Å². The normalized spacial score (nSPS) is 27.4. The Hall–Kier alpha value is -1.13. The lowest BCUT2D eigenvalue weighted by Crippen LogP contribution is -2.44. The van der Waals surface area contributed by atoms with Gasteiger partial charge in [0.05, 0.1) is 0 Å². The number of phenolic OH excluding ortho intramolecular Hbond substituents is 1. The molecule has 2 atom stereocenters. The molecular formula is C15H21FN2O. The van der Waals surface area contributed by atoms with Gasteiger partial charge in [-0.25, -0.2) is 4.39 Å². The zero-order valence-electron chi connectivity index (χ0n) is 11.1. The number of nitrogens with one attached hydrogen (secondary N) is 1. The Morgan fingerprint density at radius 3 is 3.05 bits per heavy atom. The summed E-state index contributed by atoms with van der Waals surface area (Å²) in [6, 6.07) is 5.23. The van der Waals surface area contributed by atoms with Crippen LogP contribution in [0.25, 0.3) is 0 Å². The van der Waals surface area contributed by atoms with Gasteiger partial charge in [0.1, 0.15) is 11.6 Å². The van der Waals surface area contributed by atoms with Crippen LogP contribution < -0.4 is 5.32 Å². The number of hydrogen-bond donors (Lipinski definition) is 2. The van der Waals surface area contributed by atoms with Crippen molar-refractivity contribution >= 4 is 0 Å². The maximum Gasteiger partial charge on any atom is 0.123 e. The number of nitrogens with zero attached hydrogens (tertiary/aromatic N) is 1. The quantitative estimate of drug-likeness (QED) is 0.879. The molecule has 2 unspecified atom stereocenters. The molecule has 2 aliphatic rings. The first kappa shape index (κ1) is 12.9. The van der Waals surface area contributed by atoms with Gasteiger partial charge in [0.25, 0.3) is 0 Å². The van der Waals surface area contributed by atoms with Gasteiger partial charge in [0.2, 0.25) is 0 Å². The molecule has 3 rings (SSSR count). The minimum atomic E-state index is -0.291. The maximum atomic E-state index is 13.2. The Morgan fingerprint density at radius 2 is 2.16 bits per heavy atom. The fourth-order valence-corrected chi connectivity index (χ4v) is 3.42. The monoisotopic (exact) mass is 264 g/mol. The summed E-state index contributed by atoms with van der Waals surface area (Å²) in [4.78, 5) is 2.56. The average molecular weight is 264 g/mol. The van der Waals surface area contributed by atoms with Gasteiger partial charge in [-0.3, -0.25) is 4.90 Å². The van der Waals surface area contributed by atoms with Crippen molar-refractivity contribution in [1.82, 2.24) is 10.2 Å². The van der Waals surface area contributed by atoms with Crippen molar-refractivity contribution in [1.29, 1.82) is 0 Å². The lowest BCUT2D eigenvalue weighted by molar-refractivity contribution is 0.180. The smallest absolute Gasteiger partial charge is 0.123 e. The van der Waals surface area contributed by atoms with E-state index in [1.165, 1.54) is 44.0 Å². The summed E-state index contributed by atoms with van der Waals surface area (Å²) in [5.41, 5.74) is 0.647. The average Bonchev–Trinajstić information content (AvgIpc) is 2.83. The molecule has 0 spiro atoms. The van der Waals surface area contributed by atoms with E-state index in [-0.39, 0.29) is 11.6 Å². The minimum Gasteiger partial charge on any atom is -0.508 e. The molecule has 0 amide bonds. The highest BCUT2D eigenvalue weighted by atomic mass is 19.1. The third-order valence-corrected chi connectivity index (χ3v) is 4.45. The van der Waals surface area contributed by atoms with Gasteiger partial charge in [-0.1, -0.05) is 6.42 Å². The predicted molar refractivity (Wildman–Crippen MR) is 72.5 cm³/mol. The Labute approximate surface area is 113 Å². The molecule has 1 aromatic carbocycles. The number of halogens is 1. The van der Waals surface area contributed by atoms with E-state index in [1.807, 2.05) is 0 Å². The Balaban J connectivity index is 1.61. The molecule has 0 radical (unpaired) electrons. The Bertz CT molecular complexity index is 452. The minimum absolute atomic E-state index is 0.174. The number of rotatable bonds is 3. The SMILES string of the molecule is Oc1ccc(F)cc1CNC1CCN2CCCCC12. The number of benzene rings is 1. The van der Waals surface area contributed by atoms with Gasteiger partial charge in [-0.15, -0.1) is 0 Å². The fraction of sp³-hybridized carbons (Fsp3) is 0.600. The molecule has 0 saturated carbocycles. The highest BCUT2D eigenvalue weighted by molar-refractivity contribution is 5.32. The lowest BCUT2D eigenvalue weighted by atomic mass is 9.99. The summed E-state index contributed by atoms with van der Waals surface area (Å²) in [5.74, 6) is -0.118. The predicted octanol–water partition coefficient (Wildman–Crippen LogP) is 2.25. The van der Waals surface area contributed by atoms with Gasteiger partial charge in [0.15, 0.2) is 0 Å². The van der Waals surface area contributed by atoms with Crippen LogP contribution in [-0.2, 0) is 6.54 Å². The van der Waals surface area contributed by atoms with E-state index in [0.29, 0.717) is 24.2 Å². The summed E-state index contributed by atoms with van der Waals surface area (Å²) in [6.07, 6.45) is 5.03. The molecule has 0 aliphatic carbocycles. The molecule has 2 aliphatic heterocycles. The van der Waals surface area contributed by atoms with Crippen LogP contribution in [0.2, 0.25) is 0 Å². The van der Waals surface area contributed by atoms with E-state index in [9.17, 15) is 9.50 Å². The molecule has 19 heavy (non-hydrogen) atoms. The van der Waals surface area contributed by atoms with Crippen molar-refractivity contribution < 1.29 is 9.50 Å². The fourth-order valence-electron chi connectivity index (χ4n) is 3.42. The van der Waals surface area contributed by atoms with Crippen LogP contribution >= 0.6 is 0 Å². The first-order chi connectivity index (χ1) is 9.24. The third kappa shape index (κ3) is 2.74.